The molecule has 2 amide bonds. The molecular weight excluding hydrogens is 491 g/mol. The summed E-state index contributed by atoms with van der Waals surface area (Å²) in [6.45, 7) is 4.32. The predicted molar refractivity (Wildman–Crippen MR) is 119 cm³/mol. The van der Waals surface area contributed by atoms with Crippen LogP contribution >= 0.6 is 34.2 Å². The molecule has 28 heavy (non-hydrogen) atoms. The number of hydrogen-bond acceptors (Lipinski definition) is 3. The lowest BCUT2D eigenvalue weighted by molar-refractivity contribution is -0.142. The third kappa shape index (κ3) is 6.38. The Hall–Kier alpha value is -1.80. The molecule has 150 valence electrons. The summed E-state index contributed by atoms with van der Waals surface area (Å²) in [5, 5.41) is 3.36. The molecule has 0 unspecified atom stereocenters. The molecule has 0 fully saturated rings. The maximum atomic E-state index is 13.0. The second-order valence-corrected chi connectivity index (χ2v) is 7.83. The largest absolute Gasteiger partial charge is 0.484 e. The van der Waals surface area contributed by atoms with Crippen LogP contribution in [0, 0.1) is 3.57 Å². The first-order valence-corrected chi connectivity index (χ1v) is 10.6. The normalized spacial score (nSPS) is 11.6. The van der Waals surface area contributed by atoms with E-state index in [2.05, 4.69) is 27.9 Å². The second-order valence-electron chi connectivity index (χ2n) is 6.17. The van der Waals surface area contributed by atoms with E-state index < -0.39 is 6.04 Å². The SMILES string of the molecule is CCNC(=O)[C@H](CC)N(Cc1ccccc1Cl)C(=O)COc1ccc(I)cc1. The summed E-state index contributed by atoms with van der Waals surface area (Å²) in [6.07, 6.45) is 0.492. The zero-order valence-corrected chi connectivity index (χ0v) is 18.9. The van der Waals surface area contributed by atoms with Gasteiger partial charge in [0.05, 0.1) is 0 Å². The van der Waals surface area contributed by atoms with Gasteiger partial charge in [0.25, 0.3) is 5.91 Å². The Morgan fingerprint density at radius 2 is 1.82 bits per heavy atom. The van der Waals surface area contributed by atoms with Crippen LogP contribution in [0.2, 0.25) is 5.02 Å². The smallest absolute Gasteiger partial charge is 0.261 e. The van der Waals surface area contributed by atoms with Gasteiger partial charge < -0.3 is 15.0 Å². The van der Waals surface area contributed by atoms with E-state index in [1.807, 2.05) is 56.3 Å². The molecule has 7 heteroatoms. The van der Waals surface area contributed by atoms with Crippen molar-refractivity contribution in [1.29, 1.82) is 0 Å². The Morgan fingerprint density at radius 1 is 1.14 bits per heavy atom. The van der Waals surface area contributed by atoms with Gasteiger partial charge in [-0.2, -0.15) is 0 Å². The molecule has 2 rings (SSSR count). The number of halogens is 2. The number of benzene rings is 2. The fraction of sp³-hybridized carbons (Fsp3) is 0.333. The van der Waals surface area contributed by atoms with E-state index in [9.17, 15) is 9.59 Å². The average Bonchev–Trinajstić information content (AvgIpc) is 2.69. The minimum absolute atomic E-state index is 0.152. The fourth-order valence-electron chi connectivity index (χ4n) is 2.78. The molecule has 1 atom stereocenters. The molecule has 0 bridgehead atoms. The van der Waals surface area contributed by atoms with Gasteiger partial charge in [-0.25, -0.2) is 0 Å². The van der Waals surface area contributed by atoms with Crippen molar-refractivity contribution in [2.45, 2.75) is 32.9 Å². The van der Waals surface area contributed by atoms with Gasteiger partial charge in [-0.05, 0) is 71.8 Å². The topological polar surface area (TPSA) is 58.6 Å². The van der Waals surface area contributed by atoms with Crippen LogP contribution in [-0.2, 0) is 16.1 Å². The van der Waals surface area contributed by atoms with Crippen molar-refractivity contribution in [3.8, 4) is 5.75 Å². The number of ether oxygens (including phenoxy) is 1. The van der Waals surface area contributed by atoms with Crippen LogP contribution in [0.5, 0.6) is 5.75 Å². The number of nitrogens with one attached hydrogen (secondary N) is 1. The number of carbonyl (C=O) groups excluding carboxylic acids is 2. The van der Waals surface area contributed by atoms with Gasteiger partial charge in [0, 0.05) is 21.7 Å². The van der Waals surface area contributed by atoms with E-state index in [1.165, 1.54) is 0 Å². The number of hydrogen-bond donors (Lipinski definition) is 1. The lowest BCUT2D eigenvalue weighted by atomic mass is 10.1. The lowest BCUT2D eigenvalue weighted by Gasteiger charge is -2.30. The van der Waals surface area contributed by atoms with Crippen LogP contribution in [0.15, 0.2) is 48.5 Å². The number of likely N-dealkylation sites (N-methyl/N-ethyl adjacent to an activating group) is 1. The molecule has 0 aliphatic rings. The zero-order chi connectivity index (χ0) is 20.5. The van der Waals surface area contributed by atoms with E-state index >= 15 is 0 Å². The van der Waals surface area contributed by atoms with Crippen LogP contribution in [0.4, 0.5) is 0 Å². The van der Waals surface area contributed by atoms with Gasteiger partial charge in [0.15, 0.2) is 6.61 Å². The standard InChI is InChI=1S/C21H24ClIN2O3/c1-3-19(21(27)24-4-2)25(13-15-7-5-6-8-18(15)22)20(26)14-28-17-11-9-16(23)10-12-17/h5-12,19H,3-4,13-14H2,1-2H3,(H,24,27)/t19-/m0/s1. The maximum absolute atomic E-state index is 13.0. The summed E-state index contributed by atoms with van der Waals surface area (Å²) in [4.78, 5) is 27.1. The molecule has 0 aliphatic heterocycles. The molecule has 0 heterocycles. The highest BCUT2D eigenvalue weighted by Crippen LogP contribution is 2.20. The van der Waals surface area contributed by atoms with E-state index in [0.717, 1.165) is 9.13 Å². The van der Waals surface area contributed by atoms with Crippen molar-refractivity contribution in [3.63, 3.8) is 0 Å². The van der Waals surface area contributed by atoms with Crippen molar-refractivity contribution in [2.24, 2.45) is 0 Å². The summed E-state index contributed by atoms with van der Waals surface area (Å²) >= 11 is 8.48. The molecule has 5 nitrogen and oxygen atoms in total. The van der Waals surface area contributed by atoms with E-state index in [4.69, 9.17) is 16.3 Å². The van der Waals surface area contributed by atoms with Crippen molar-refractivity contribution < 1.29 is 14.3 Å². The average molecular weight is 515 g/mol. The zero-order valence-electron chi connectivity index (χ0n) is 16.0. The predicted octanol–water partition coefficient (Wildman–Crippen LogP) is 4.27. The number of carbonyl (C=O) groups is 2. The van der Waals surface area contributed by atoms with Gasteiger partial charge >= 0.3 is 0 Å². The number of nitrogens with zero attached hydrogens (tertiary/aromatic N) is 1. The fourth-order valence-corrected chi connectivity index (χ4v) is 3.34. The van der Waals surface area contributed by atoms with Crippen molar-refractivity contribution in [1.82, 2.24) is 10.2 Å². The lowest BCUT2D eigenvalue weighted by Crippen LogP contribution is -2.50. The molecule has 2 aromatic rings. The molecule has 0 saturated carbocycles. The maximum Gasteiger partial charge on any atom is 0.261 e. The number of rotatable bonds is 9. The summed E-state index contributed by atoms with van der Waals surface area (Å²) in [5.74, 6) is 0.161. The Bertz CT molecular complexity index is 798. The Kier molecular flexibility index (Phi) is 9.05. The molecule has 0 aromatic heterocycles. The molecule has 0 aliphatic carbocycles. The quantitative estimate of drug-likeness (QED) is 0.509. The highest BCUT2D eigenvalue weighted by Gasteiger charge is 2.29. The van der Waals surface area contributed by atoms with E-state index in [0.29, 0.717) is 23.7 Å². The van der Waals surface area contributed by atoms with Crippen LogP contribution in [-0.4, -0.2) is 35.9 Å². The number of amides is 2. The van der Waals surface area contributed by atoms with E-state index in [-0.39, 0.29) is 25.0 Å². The second kappa shape index (κ2) is 11.3. The Labute approximate surface area is 184 Å². The van der Waals surface area contributed by atoms with Crippen molar-refractivity contribution in [3.05, 3.63) is 62.7 Å². The first kappa shape index (κ1) is 22.5. The van der Waals surface area contributed by atoms with E-state index in [1.54, 1.807) is 11.0 Å². The Balaban J connectivity index is 2.20. The Morgan fingerprint density at radius 3 is 2.43 bits per heavy atom. The van der Waals surface area contributed by atoms with Crippen molar-refractivity contribution >= 4 is 46.0 Å². The summed E-state index contributed by atoms with van der Waals surface area (Å²) in [5.41, 5.74) is 0.787. The minimum atomic E-state index is -0.593. The molecule has 2 aromatic carbocycles. The molecule has 0 spiro atoms. The van der Waals surface area contributed by atoms with Crippen LogP contribution in [0.3, 0.4) is 0 Å². The molecular formula is C21H24ClIN2O3. The first-order chi connectivity index (χ1) is 13.5. The third-order valence-corrected chi connectivity index (χ3v) is 5.30. The highest BCUT2D eigenvalue weighted by atomic mass is 127. The van der Waals surface area contributed by atoms with Crippen LogP contribution in [0.1, 0.15) is 25.8 Å². The molecule has 1 N–H and O–H groups in total. The minimum Gasteiger partial charge on any atom is -0.484 e. The molecule has 0 saturated heterocycles. The monoisotopic (exact) mass is 514 g/mol. The van der Waals surface area contributed by atoms with Gasteiger partial charge in [-0.3, -0.25) is 9.59 Å². The van der Waals surface area contributed by atoms with Gasteiger partial charge in [-0.15, -0.1) is 0 Å². The first-order valence-electron chi connectivity index (χ1n) is 9.15. The van der Waals surface area contributed by atoms with Crippen LogP contribution in [0.25, 0.3) is 0 Å². The summed E-state index contributed by atoms with van der Waals surface area (Å²) in [7, 11) is 0. The summed E-state index contributed by atoms with van der Waals surface area (Å²) < 4.78 is 6.73. The van der Waals surface area contributed by atoms with Gasteiger partial charge in [0.2, 0.25) is 5.91 Å². The van der Waals surface area contributed by atoms with Gasteiger partial charge in [-0.1, -0.05) is 36.7 Å². The van der Waals surface area contributed by atoms with Gasteiger partial charge in [0.1, 0.15) is 11.8 Å². The summed E-state index contributed by atoms with van der Waals surface area (Å²) in [6, 6.07) is 14.2. The third-order valence-electron chi connectivity index (χ3n) is 4.21. The van der Waals surface area contributed by atoms with Crippen molar-refractivity contribution in [2.75, 3.05) is 13.2 Å². The highest BCUT2D eigenvalue weighted by molar-refractivity contribution is 14.1. The van der Waals surface area contributed by atoms with Crippen LogP contribution < -0.4 is 10.1 Å². The molecule has 0 radical (unpaired) electrons.